The van der Waals surface area contributed by atoms with E-state index in [4.69, 9.17) is 12.2 Å². The average molecular weight is 358 g/mol. The molecule has 2 fully saturated rings. The first-order valence-corrected chi connectivity index (χ1v) is 10.1. The van der Waals surface area contributed by atoms with Crippen LogP contribution < -0.4 is 9.80 Å². The third-order valence-corrected chi connectivity index (χ3v) is 6.78. The summed E-state index contributed by atoms with van der Waals surface area (Å²) in [6.45, 7) is 2.03. The maximum atomic E-state index is 12.3. The summed E-state index contributed by atoms with van der Waals surface area (Å²) < 4.78 is 24.5. The molecular weight excluding hydrogens is 340 g/mol. The Morgan fingerprint density at radius 2 is 1.50 bits per heavy atom. The molecular formula is C18H18N2O2S2. The maximum Gasteiger partial charge on any atom is 0.181 e. The summed E-state index contributed by atoms with van der Waals surface area (Å²) in [7, 11) is -3.06. The van der Waals surface area contributed by atoms with Crippen LogP contribution in [-0.2, 0) is 9.84 Å². The SMILES string of the molecule is Cc1cccc(N2C(=S)N(c3ccccc3)[C@H]3CS(=O)(=O)C[C@H]32)c1. The predicted octanol–water partition coefficient (Wildman–Crippen LogP) is 2.77. The molecule has 4 nitrogen and oxygen atoms in total. The Bertz CT molecular complexity index is 896. The molecule has 24 heavy (non-hydrogen) atoms. The van der Waals surface area contributed by atoms with E-state index in [0.717, 1.165) is 16.9 Å². The number of para-hydroxylation sites is 1. The molecule has 0 aliphatic carbocycles. The number of hydrogen-bond donors (Lipinski definition) is 0. The Morgan fingerprint density at radius 1 is 0.917 bits per heavy atom. The number of aryl methyl sites for hydroxylation is 1. The third kappa shape index (κ3) is 2.50. The van der Waals surface area contributed by atoms with E-state index in [1.807, 2.05) is 65.3 Å². The van der Waals surface area contributed by atoms with Gasteiger partial charge in [-0.1, -0.05) is 30.3 Å². The summed E-state index contributed by atoms with van der Waals surface area (Å²) in [6.07, 6.45) is 0. The van der Waals surface area contributed by atoms with Crippen molar-refractivity contribution >= 4 is 38.5 Å². The fraction of sp³-hybridized carbons (Fsp3) is 0.278. The second-order valence-corrected chi connectivity index (χ2v) is 8.93. The summed E-state index contributed by atoms with van der Waals surface area (Å²) in [6, 6.07) is 17.6. The molecule has 2 saturated heterocycles. The minimum atomic E-state index is -3.06. The van der Waals surface area contributed by atoms with Crippen molar-refractivity contribution in [2.24, 2.45) is 0 Å². The van der Waals surface area contributed by atoms with Crippen molar-refractivity contribution in [2.45, 2.75) is 19.0 Å². The molecule has 2 aromatic rings. The molecule has 2 aliphatic heterocycles. The van der Waals surface area contributed by atoms with Crippen molar-refractivity contribution in [3.8, 4) is 0 Å². The van der Waals surface area contributed by atoms with Crippen LogP contribution in [-0.4, -0.2) is 37.1 Å². The van der Waals surface area contributed by atoms with Gasteiger partial charge in [0.2, 0.25) is 0 Å². The largest absolute Gasteiger partial charge is 0.312 e. The minimum Gasteiger partial charge on any atom is -0.312 e. The maximum absolute atomic E-state index is 12.3. The fourth-order valence-electron chi connectivity index (χ4n) is 3.67. The van der Waals surface area contributed by atoms with Gasteiger partial charge in [-0.2, -0.15) is 0 Å². The third-order valence-electron chi connectivity index (χ3n) is 4.68. The number of benzene rings is 2. The van der Waals surface area contributed by atoms with Gasteiger partial charge in [0, 0.05) is 11.4 Å². The molecule has 124 valence electrons. The van der Waals surface area contributed by atoms with Crippen molar-refractivity contribution in [3.63, 3.8) is 0 Å². The van der Waals surface area contributed by atoms with Crippen molar-refractivity contribution < 1.29 is 8.42 Å². The zero-order chi connectivity index (χ0) is 16.9. The lowest BCUT2D eigenvalue weighted by molar-refractivity contribution is 0.601. The standard InChI is InChI=1S/C18H18N2O2S2/c1-13-6-5-9-15(10-13)20-17-12-24(21,22)11-16(17)19(18(20)23)14-7-3-2-4-8-14/h2-10,16-17H,11-12H2,1H3/t16-,17+/m0/s1. The molecule has 2 atom stereocenters. The van der Waals surface area contributed by atoms with E-state index in [2.05, 4.69) is 6.07 Å². The van der Waals surface area contributed by atoms with Crippen LogP contribution in [0, 0.1) is 6.92 Å². The molecule has 2 heterocycles. The number of nitrogens with zero attached hydrogens (tertiary/aromatic N) is 2. The van der Waals surface area contributed by atoms with E-state index in [1.54, 1.807) is 0 Å². The molecule has 0 N–H and O–H groups in total. The highest BCUT2D eigenvalue weighted by Gasteiger charge is 2.52. The van der Waals surface area contributed by atoms with Crippen LogP contribution in [0.25, 0.3) is 0 Å². The molecule has 0 amide bonds. The Labute approximate surface area is 147 Å². The Morgan fingerprint density at radius 3 is 2.12 bits per heavy atom. The zero-order valence-corrected chi connectivity index (χ0v) is 14.9. The van der Waals surface area contributed by atoms with Gasteiger partial charge in [-0.15, -0.1) is 0 Å². The summed E-state index contributed by atoms with van der Waals surface area (Å²) >= 11 is 5.76. The Hall–Kier alpha value is -1.92. The summed E-state index contributed by atoms with van der Waals surface area (Å²) in [4.78, 5) is 4.03. The lowest BCUT2D eigenvalue weighted by atomic mass is 10.1. The normalized spacial score (nSPS) is 25.1. The van der Waals surface area contributed by atoms with Crippen molar-refractivity contribution in [1.29, 1.82) is 0 Å². The van der Waals surface area contributed by atoms with Crippen LogP contribution in [0.1, 0.15) is 5.56 Å². The van der Waals surface area contributed by atoms with Gasteiger partial charge in [-0.25, -0.2) is 8.42 Å². The van der Waals surface area contributed by atoms with Crippen LogP contribution in [0.5, 0.6) is 0 Å². The number of hydrogen-bond acceptors (Lipinski definition) is 3. The van der Waals surface area contributed by atoms with E-state index in [9.17, 15) is 8.42 Å². The van der Waals surface area contributed by atoms with E-state index in [1.165, 1.54) is 0 Å². The van der Waals surface area contributed by atoms with Crippen molar-refractivity contribution in [3.05, 3.63) is 60.2 Å². The van der Waals surface area contributed by atoms with Crippen molar-refractivity contribution in [2.75, 3.05) is 21.3 Å². The highest BCUT2D eigenvalue weighted by atomic mass is 32.2. The van der Waals surface area contributed by atoms with E-state index in [0.29, 0.717) is 5.11 Å². The van der Waals surface area contributed by atoms with E-state index < -0.39 is 9.84 Å². The summed E-state index contributed by atoms with van der Waals surface area (Å²) in [5.41, 5.74) is 3.04. The van der Waals surface area contributed by atoms with E-state index in [-0.39, 0.29) is 23.6 Å². The van der Waals surface area contributed by atoms with Crippen LogP contribution >= 0.6 is 12.2 Å². The van der Waals surface area contributed by atoms with Crippen LogP contribution in [0.4, 0.5) is 11.4 Å². The number of sulfone groups is 1. The highest BCUT2D eigenvalue weighted by molar-refractivity contribution is 7.91. The topological polar surface area (TPSA) is 40.6 Å². The molecule has 0 saturated carbocycles. The smallest absolute Gasteiger partial charge is 0.181 e. The van der Waals surface area contributed by atoms with Gasteiger partial charge in [0.05, 0.1) is 23.6 Å². The number of rotatable bonds is 2. The van der Waals surface area contributed by atoms with E-state index >= 15 is 0 Å². The van der Waals surface area contributed by atoms with Gasteiger partial charge in [0.15, 0.2) is 14.9 Å². The highest BCUT2D eigenvalue weighted by Crippen LogP contribution is 2.38. The van der Waals surface area contributed by atoms with Gasteiger partial charge in [0.1, 0.15) is 0 Å². The number of fused-ring (bicyclic) bond motifs is 1. The number of thiocarbonyl (C=S) groups is 1. The molecule has 0 bridgehead atoms. The minimum absolute atomic E-state index is 0.134. The first-order chi connectivity index (χ1) is 11.5. The van der Waals surface area contributed by atoms with Gasteiger partial charge in [-0.05, 0) is 49.0 Å². The second-order valence-electron chi connectivity index (χ2n) is 6.41. The van der Waals surface area contributed by atoms with Gasteiger partial charge < -0.3 is 9.80 Å². The fourth-order valence-corrected chi connectivity index (χ4v) is 6.07. The Kier molecular flexibility index (Phi) is 3.62. The van der Waals surface area contributed by atoms with Crippen LogP contribution in [0.3, 0.4) is 0 Å². The summed E-state index contributed by atoms with van der Waals surface area (Å²) in [5.74, 6) is 0.296. The Balaban J connectivity index is 1.82. The molecule has 2 aromatic carbocycles. The quantitative estimate of drug-likeness (QED) is 0.772. The molecule has 2 aliphatic rings. The second kappa shape index (κ2) is 5.57. The molecule has 0 radical (unpaired) electrons. The molecule has 0 aromatic heterocycles. The van der Waals surface area contributed by atoms with Crippen molar-refractivity contribution in [1.82, 2.24) is 0 Å². The lowest BCUT2D eigenvalue weighted by Crippen LogP contribution is -2.37. The van der Waals surface area contributed by atoms with Crippen LogP contribution in [0.15, 0.2) is 54.6 Å². The molecule has 6 heteroatoms. The monoisotopic (exact) mass is 358 g/mol. The molecule has 4 rings (SSSR count). The first-order valence-electron chi connectivity index (χ1n) is 7.91. The van der Waals surface area contributed by atoms with Gasteiger partial charge in [0.25, 0.3) is 0 Å². The van der Waals surface area contributed by atoms with Crippen LogP contribution in [0.2, 0.25) is 0 Å². The first kappa shape index (κ1) is 15.6. The average Bonchev–Trinajstić information content (AvgIpc) is 2.96. The predicted molar refractivity (Wildman–Crippen MR) is 101 cm³/mol. The van der Waals surface area contributed by atoms with Gasteiger partial charge in [-0.3, -0.25) is 0 Å². The van der Waals surface area contributed by atoms with Gasteiger partial charge >= 0.3 is 0 Å². The lowest BCUT2D eigenvalue weighted by Gasteiger charge is -2.26. The summed E-state index contributed by atoms with van der Waals surface area (Å²) in [5, 5.41) is 0.678. The number of anilines is 2. The zero-order valence-electron chi connectivity index (χ0n) is 13.3. The molecule has 0 spiro atoms. The molecule has 0 unspecified atom stereocenters.